The van der Waals surface area contributed by atoms with Crippen LogP contribution >= 0.6 is 11.3 Å². The van der Waals surface area contributed by atoms with E-state index in [1.54, 1.807) is 11.3 Å². The Morgan fingerprint density at radius 2 is 2.17 bits per heavy atom. The van der Waals surface area contributed by atoms with Gasteiger partial charge in [-0.1, -0.05) is 35.1 Å². The second kappa shape index (κ2) is 7.28. The molecule has 1 atom stereocenters. The standard InChI is InChI=1S/C23H23N3O2S/c1-14-5-7-18(15(2)10-14)19-13-26-20-8-6-16(11-21(20)29-23(26)25-19)22(27)24-12-17-4-3-9-28-17/h5-8,10-11,13,17H,3-4,9,12H2,1-2H3,(H,24,27)/t17-/m0/s1. The summed E-state index contributed by atoms with van der Waals surface area (Å²) in [6, 6.07) is 12.3. The summed E-state index contributed by atoms with van der Waals surface area (Å²) in [5.74, 6) is -0.0515. The maximum atomic E-state index is 12.5. The molecule has 0 spiro atoms. The Labute approximate surface area is 173 Å². The number of carbonyl (C=O) groups excluding carboxylic acids is 1. The van der Waals surface area contributed by atoms with Crippen LogP contribution in [-0.2, 0) is 4.74 Å². The van der Waals surface area contributed by atoms with Gasteiger partial charge in [-0.05, 0) is 50.5 Å². The highest BCUT2D eigenvalue weighted by molar-refractivity contribution is 7.23. The molecule has 2 aromatic heterocycles. The minimum absolute atomic E-state index is 0.0515. The fourth-order valence-corrected chi connectivity index (χ4v) is 5.03. The molecule has 0 bridgehead atoms. The Kier molecular flexibility index (Phi) is 4.60. The van der Waals surface area contributed by atoms with Crippen molar-refractivity contribution in [2.45, 2.75) is 32.8 Å². The van der Waals surface area contributed by atoms with Crippen molar-refractivity contribution in [2.24, 2.45) is 0 Å². The number of rotatable bonds is 4. The molecule has 3 heterocycles. The number of nitrogens with one attached hydrogen (secondary N) is 1. The Hall–Kier alpha value is -2.70. The van der Waals surface area contributed by atoms with Crippen LogP contribution in [-0.4, -0.2) is 34.5 Å². The minimum atomic E-state index is -0.0515. The predicted molar refractivity (Wildman–Crippen MR) is 117 cm³/mol. The third kappa shape index (κ3) is 3.43. The number of aryl methyl sites for hydroxylation is 2. The van der Waals surface area contributed by atoms with Crippen LogP contribution in [0.25, 0.3) is 26.4 Å². The Bertz CT molecular complexity index is 1220. The first-order chi connectivity index (χ1) is 14.1. The first-order valence-electron chi connectivity index (χ1n) is 9.97. The summed E-state index contributed by atoms with van der Waals surface area (Å²) in [6.07, 6.45) is 4.33. The highest BCUT2D eigenvalue weighted by Crippen LogP contribution is 2.31. The molecule has 0 unspecified atom stereocenters. The van der Waals surface area contributed by atoms with Gasteiger partial charge in [0.05, 0.1) is 22.0 Å². The van der Waals surface area contributed by atoms with Crippen LogP contribution in [0, 0.1) is 13.8 Å². The van der Waals surface area contributed by atoms with E-state index in [1.165, 1.54) is 11.1 Å². The van der Waals surface area contributed by atoms with Crippen molar-refractivity contribution in [3.05, 3.63) is 59.3 Å². The van der Waals surface area contributed by atoms with Crippen molar-refractivity contribution in [3.8, 4) is 11.3 Å². The molecular weight excluding hydrogens is 382 g/mol. The van der Waals surface area contributed by atoms with E-state index in [1.807, 2.05) is 18.2 Å². The number of hydrogen-bond acceptors (Lipinski definition) is 4. The van der Waals surface area contributed by atoms with Gasteiger partial charge in [-0.3, -0.25) is 9.20 Å². The third-order valence-electron chi connectivity index (χ3n) is 5.53. The molecule has 0 radical (unpaired) electrons. The van der Waals surface area contributed by atoms with Crippen molar-refractivity contribution in [3.63, 3.8) is 0 Å². The van der Waals surface area contributed by atoms with Crippen molar-refractivity contribution < 1.29 is 9.53 Å². The number of thiazole rings is 1. The number of fused-ring (bicyclic) bond motifs is 3. The monoisotopic (exact) mass is 405 g/mol. The number of ether oxygens (including phenoxy) is 1. The zero-order valence-corrected chi connectivity index (χ0v) is 17.4. The number of imidazole rings is 1. The fourth-order valence-electron chi connectivity index (χ4n) is 3.99. The molecule has 1 N–H and O–H groups in total. The average molecular weight is 406 g/mol. The van der Waals surface area contributed by atoms with Crippen LogP contribution in [0.15, 0.2) is 42.6 Å². The molecular formula is C23H23N3O2S. The molecule has 5 nitrogen and oxygen atoms in total. The van der Waals surface area contributed by atoms with Crippen LogP contribution in [0.3, 0.4) is 0 Å². The van der Waals surface area contributed by atoms with E-state index in [0.717, 1.165) is 45.9 Å². The van der Waals surface area contributed by atoms with Gasteiger partial charge < -0.3 is 10.1 Å². The van der Waals surface area contributed by atoms with Crippen molar-refractivity contribution >= 4 is 32.4 Å². The van der Waals surface area contributed by atoms with Gasteiger partial charge in [-0.15, -0.1) is 0 Å². The van der Waals surface area contributed by atoms with Crippen LogP contribution in [0.4, 0.5) is 0 Å². The van der Waals surface area contributed by atoms with E-state index >= 15 is 0 Å². The highest BCUT2D eigenvalue weighted by Gasteiger charge is 2.18. The van der Waals surface area contributed by atoms with Gasteiger partial charge in [0.1, 0.15) is 0 Å². The van der Waals surface area contributed by atoms with Gasteiger partial charge in [0.2, 0.25) is 0 Å². The highest BCUT2D eigenvalue weighted by atomic mass is 32.1. The first kappa shape index (κ1) is 18.3. The second-order valence-electron chi connectivity index (χ2n) is 7.73. The number of hydrogen-bond donors (Lipinski definition) is 1. The summed E-state index contributed by atoms with van der Waals surface area (Å²) in [4.78, 5) is 18.3. The molecule has 6 heteroatoms. The Balaban J connectivity index is 1.42. The third-order valence-corrected chi connectivity index (χ3v) is 6.55. The zero-order chi connectivity index (χ0) is 20.0. The van der Waals surface area contributed by atoms with E-state index in [9.17, 15) is 4.79 Å². The van der Waals surface area contributed by atoms with Gasteiger partial charge in [0.15, 0.2) is 4.96 Å². The zero-order valence-electron chi connectivity index (χ0n) is 16.6. The van der Waals surface area contributed by atoms with Crippen LogP contribution < -0.4 is 5.32 Å². The van der Waals surface area contributed by atoms with E-state index in [2.05, 4.69) is 48.0 Å². The number of nitrogens with zero attached hydrogens (tertiary/aromatic N) is 2. The number of carbonyl (C=O) groups is 1. The maximum Gasteiger partial charge on any atom is 0.251 e. The van der Waals surface area contributed by atoms with Crippen molar-refractivity contribution in [2.75, 3.05) is 13.2 Å². The minimum Gasteiger partial charge on any atom is -0.376 e. The molecule has 0 saturated carbocycles. The second-order valence-corrected chi connectivity index (χ2v) is 8.74. The number of aromatic nitrogens is 2. The normalized spacial score (nSPS) is 16.7. The van der Waals surface area contributed by atoms with Gasteiger partial charge >= 0.3 is 0 Å². The SMILES string of the molecule is Cc1ccc(-c2cn3c(n2)sc2cc(C(=O)NC[C@@H]4CCCO4)ccc23)c(C)c1. The van der Waals surface area contributed by atoms with Crippen molar-refractivity contribution in [1.82, 2.24) is 14.7 Å². The summed E-state index contributed by atoms with van der Waals surface area (Å²) in [5, 5.41) is 2.99. The van der Waals surface area contributed by atoms with Crippen molar-refractivity contribution in [1.29, 1.82) is 0 Å². The molecule has 1 fully saturated rings. The van der Waals surface area contributed by atoms with Gasteiger partial charge in [0.25, 0.3) is 5.91 Å². The molecule has 4 aromatic rings. The smallest absolute Gasteiger partial charge is 0.251 e. The summed E-state index contributed by atoms with van der Waals surface area (Å²) in [6.45, 7) is 5.59. The molecule has 1 saturated heterocycles. The quantitative estimate of drug-likeness (QED) is 0.533. The van der Waals surface area contributed by atoms with Gasteiger partial charge in [-0.2, -0.15) is 0 Å². The number of benzene rings is 2. The van der Waals surface area contributed by atoms with Crippen LogP contribution in [0.2, 0.25) is 0 Å². The first-order valence-corrected chi connectivity index (χ1v) is 10.8. The Morgan fingerprint density at radius 3 is 2.97 bits per heavy atom. The maximum absolute atomic E-state index is 12.5. The molecule has 148 valence electrons. The van der Waals surface area contributed by atoms with E-state index < -0.39 is 0 Å². The lowest BCUT2D eigenvalue weighted by Gasteiger charge is -2.10. The largest absolute Gasteiger partial charge is 0.376 e. The molecule has 5 rings (SSSR count). The van der Waals surface area contributed by atoms with Crippen LogP contribution in [0.1, 0.15) is 34.3 Å². The lowest BCUT2D eigenvalue weighted by Crippen LogP contribution is -2.31. The lowest BCUT2D eigenvalue weighted by molar-refractivity contribution is 0.0858. The average Bonchev–Trinajstić information content (AvgIpc) is 3.41. The number of amides is 1. The van der Waals surface area contributed by atoms with Gasteiger partial charge in [-0.25, -0.2) is 4.98 Å². The van der Waals surface area contributed by atoms with E-state index in [4.69, 9.17) is 9.72 Å². The van der Waals surface area contributed by atoms with E-state index in [-0.39, 0.29) is 12.0 Å². The summed E-state index contributed by atoms with van der Waals surface area (Å²) >= 11 is 1.61. The molecule has 29 heavy (non-hydrogen) atoms. The predicted octanol–water partition coefficient (Wildman–Crippen LogP) is 4.74. The molecule has 1 amide bonds. The summed E-state index contributed by atoms with van der Waals surface area (Å²) < 4.78 is 8.75. The molecule has 2 aromatic carbocycles. The van der Waals surface area contributed by atoms with Gasteiger partial charge in [0, 0.05) is 30.5 Å². The Morgan fingerprint density at radius 1 is 1.28 bits per heavy atom. The molecule has 1 aliphatic rings. The van der Waals surface area contributed by atoms with Crippen LogP contribution in [0.5, 0.6) is 0 Å². The lowest BCUT2D eigenvalue weighted by atomic mass is 10.0. The topological polar surface area (TPSA) is 55.6 Å². The fraction of sp³-hybridized carbons (Fsp3) is 0.304. The molecule has 0 aliphatic carbocycles. The summed E-state index contributed by atoms with van der Waals surface area (Å²) in [7, 11) is 0. The molecule has 1 aliphatic heterocycles. The summed E-state index contributed by atoms with van der Waals surface area (Å²) in [5.41, 5.74) is 6.37. The van der Waals surface area contributed by atoms with E-state index in [0.29, 0.717) is 12.1 Å².